The summed E-state index contributed by atoms with van der Waals surface area (Å²) in [5.41, 5.74) is 5.47. The summed E-state index contributed by atoms with van der Waals surface area (Å²) in [4.78, 5) is 4.93. The van der Waals surface area contributed by atoms with E-state index in [1.54, 1.807) is 0 Å². The highest BCUT2D eigenvalue weighted by molar-refractivity contribution is 4.66. The van der Waals surface area contributed by atoms with Gasteiger partial charge in [-0.15, -0.1) is 0 Å². The molecule has 1 saturated heterocycles. The maximum atomic E-state index is 5.47. The molecule has 1 rings (SSSR count). The highest BCUT2D eigenvalue weighted by atomic mass is 15.2. The smallest absolute Gasteiger partial charge is 0.0109 e. The summed E-state index contributed by atoms with van der Waals surface area (Å²) < 4.78 is 0. The third-order valence-corrected chi connectivity index (χ3v) is 2.49. The molecular weight excluding hydrogens is 150 g/mol. The molecule has 0 aromatic heterocycles. The Kier molecular flexibility index (Phi) is 4.58. The van der Waals surface area contributed by atoms with E-state index in [1.807, 2.05) is 0 Å². The van der Waals surface area contributed by atoms with Gasteiger partial charge in [-0.1, -0.05) is 0 Å². The first-order valence-electron chi connectivity index (χ1n) is 4.94. The Morgan fingerprint density at radius 2 is 2.00 bits per heavy atom. The van der Waals surface area contributed by atoms with Crippen LogP contribution in [0, 0.1) is 0 Å². The minimum Gasteiger partial charge on any atom is -0.330 e. The normalized spacial score (nSPS) is 22.5. The van der Waals surface area contributed by atoms with E-state index >= 15 is 0 Å². The molecule has 1 aliphatic heterocycles. The zero-order chi connectivity index (χ0) is 8.81. The van der Waals surface area contributed by atoms with Crippen LogP contribution >= 0.6 is 0 Å². The van der Waals surface area contributed by atoms with Gasteiger partial charge < -0.3 is 15.5 Å². The quantitative estimate of drug-likeness (QED) is 0.647. The average molecular weight is 171 g/mol. The molecule has 3 heteroatoms. The van der Waals surface area contributed by atoms with Crippen molar-refractivity contribution in [1.29, 1.82) is 0 Å². The van der Waals surface area contributed by atoms with Crippen molar-refractivity contribution in [3.05, 3.63) is 0 Å². The fourth-order valence-corrected chi connectivity index (χ4v) is 1.64. The Morgan fingerprint density at radius 1 is 1.17 bits per heavy atom. The highest BCUT2D eigenvalue weighted by Crippen LogP contribution is 2.00. The Bertz CT molecular complexity index is 114. The van der Waals surface area contributed by atoms with Gasteiger partial charge in [-0.2, -0.15) is 0 Å². The first kappa shape index (κ1) is 9.96. The molecule has 0 unspecified atom stereocenters. The molecule has 12 heavy (non-hydrogen) atoms. The fraction of sp³-hybridized carbons (Fsp3) is 1.00. The van der Waals surface area contributed by atoms with Gasteiger partial charge >= 0.3 is 0 Å². The van der Waals surface area contributed by atoms with E-state index in [0.29, 0.717) is 0 Å². The number of rotatable bonds is 3. The van der Waals surface area contributed by atoms with Gasteiger partial charge in [0.2, 0.25) is 0 Å². The molecule has 1 fully saturated rings. The summed E-state index contributed by atoms with van der Waals surface area (Å²) in [5.74, 6) is 0. The molecule has 3 nitrogen and oxygen atoms in total. The predicted molar refractivity (Wildman–Crippen MR) is 52.2 cm³/mol. The average Bonchev–Trinajstić information content (AvgIpc) is 2.27. The molecule has 1 heterocycles. The van der Waals surface area contributed by atoms with Crippen molar-refractivity contribution >= 4 is 0 Å². The summed E-state index contributed by atoms with van der Waals surface area (Å²) in [6.45, 7) is 6.95. The summed E-state index contributed by atoms with van der Waals surface area (Å²) in [6.07, 6.45) is 2.45. The molecule has 0 amide bonds. The van der Waals surface area contributed by atoms with Gasteiger partial charge in [0.15, 0.2) is 0 Å². The van der Waals surface area contributed by atoms with Crippen LogP contribution in [0.15, 0.2) is 0 Å². The monoisotopic (exact) mass is 171 g/mol. The number of hydrogen-bond donors (Lipinski definition) is 1. The summed E-state index contributed by atoms with van der Waals surface area (Å²) in [7, 11) is 2.20. The summed E-state index contributed by atoms with van der Waals surface area (Å²) in [5, 5.41) is 0. The van der Waals surface area contributed by atoms with E-state index in [-0.39, 0.29) is 0 Å². The van der Waals surface area contributed by atoms with E-state index in [4.69, 9.17) is 5.73 Å². The standard InChI is InChI=1S/C9H21N3/c1-11-5-3-7-12(9-8-11)6-2-4-10/h2-10H2,1H3. The van der Waals surface area contributed by atoms with Gasteiger partial charge in [0.25, 0.3) is 0 Å². The second-order valence-corrected chi connectivity index (χ2v) is 3.64. The lowest BCUT2D eigenvalue weighted by Crippen LogP contribution is -2.30. The van der Waals surface area contributed by atoms with Crippen LogP contribution in [0.4, 0.5) is 0 Å². The molecule has 0 aromatic carbocycles. The molecular formula is C9H21N3. The Labute approximate surface area is 75.5 Å². The predicted octanol–water partition coefficient (Wildman–Crippen LogP) is -0.0273. The van der Waals surface area contributed by atoms with Crippen molar-refractivity contribution in [3.63, 3.8) is 0 Å². The second-order valence-electron chi connectivity index (χ2n) is 3.64. The van der Waals surface area contributed by atoms with Crippen molar-refractivity contribution in [3.8, 4) is 0 Å². The van der Waals surface area contributed by atoms with Gasteiger partial charge in [-0.05, 0) is 46.1 Å². The molecule has 72 valence electrons. The third kappa shape index (κ3) is 3.52. The summed E-state index contributed by atoms with van der Waals surface area (Å²) >= 11 is 0. The molecule has 1 aliphatic rings. The third-order valence-electron chi connectivity index (χ3n) is 2.49. The van der Waals surface area contributed by atoms with Crippen molar-refractivity contribution < 1.29 is 0 Å². The van der Waals surface area contributed by atoms with Crippen molar-refractivity contribution in [2.45, 2.75) is 12.8 Å². The second kappa shape index (κ2) is 5.51. The van der Waals surface area contributed by atoms with Gasteiger partial charge in [0.05, 0.1) is 0 Å². The lowest BCUT2D eigenvalue weighted by atomic mass is 10.3. The van der Waals surface area contributed by atoms with Crippen LogP contribution in [0.3, 0.4) is 0 Å². The topological polar surface area (TPSA) is 32.5 Å². The van der Waals surface area contributed by atoms with E-state index in [2.05, 4.69) is 16.8 Å². The van der Waals surface area contributed by atoms with Crippen LogP contribution < -0.4 is 5.73 Å². The Morgan fingerprint density at radius 3 is 2.75 bits per heavy atom. The van der Waals surface area contributed by atoms with E-state index in [1.165, 1.54) is 39.1 Å². The van der Waals surface area contributed by atoms with Gasteiger partial charge in [-0.3, -0.25) is 0 Å². The lowest BCUT2D eigenvalue weighted by Gasteiger charge is -2.19. The van der Waals surface area contributed by atoms with E-state index < -0.39 is 0 Å². The zero-order valence-corrected chi connectivity index (χ0v) is 8.13. The largest absolute Gasteiger partial charge is 0.330 e. The minimum atomic E-state index is 0.826. The summed E-state index contributed by atoms with van der Waals surface area (Å²) in [6, 6.07) is 0. The van der Waals surface area contributed by atoms with Crippen molar-refractivity contribution in [2.24, 2.45) is 5.73 Å². The number of hydrogen-bond acceptors (Lipinski definition) is 3. The molecule has 0 aromatic rings. The van der Waals surface area contributed by atoms with Gasteiger partial charge in [0, 0.05) is 13.1 Å². The molecule has 2 N–H and O–H groups in total. The van der Waals surface area contributed by atoms with Crippen LogP contribution in [0.1, 0.15) is 12.8 Å². The van der Waals surface area contributed by atoms with Crippen LogP contribution in [-0.4, -0.2) is 56.1 Å². The molecule has 0 aliphatic carbocycles. The number of nitrogens with two attached hydrogens (primary N) is 1. The number of nitrogens with zero attached hydrogens (tertiary/aromatic N) is 2. The first-order chi connectivity index (χ1) is 5.83. The van der Waals surface area contributed by atoms with Crippen LogP contribution in [-0.2, 0) is 0 Å². The van der Waals surface area contributed by atoms with E-state index in [9.17, 15) is 0 Å². The molecule has 0 spiro atoms. The van der Waals surface area contributed by atoms with Crippen molar-refractivity contribution in [1.82, 2.24) is 9.80 Å². The first-order valence-corrected chi connectivity index (χ1v) is 4.94. The Hall–Kier alpha value is -0.120. The van der Waals surface area contributed by atoms with Crippen LogP contribution in [0.5, 0.6) is 0 Å². The minimum absolute atomic E-state index is 0.826. The number of likely N-dealkylation sites (N-methyl/N-ethyl adjacent to an activating group) is 1. The maximum absolute atomic E-state index is 5.47. The van der Waals surface area contributed by atoms with Gasteiger partial charge in [-0.25, -0.2) is 0 Å². The maximum Gasteiger partial charge on any atom is 0.0109 e. The highest BCUT2D eigenvalue weighted by Gasteiger charge is 2.10. The Balaban J connectivity index is 2.17. The molecule has 0 radical (unpaired) electrons. The van der Waals surface area contributed by atoms with E-state index in [0.717, 1.165) is 13.0 Å². The van der Waals surface area contributed by atoms with Crippen molar-refractivity contribution in [2.75, 3.05) is 46.3 Å². The van der Waals surface area contributed by atoms with Gasteiger partial charge in [0.1, 0.15) is 0 Å². The fourth-order valence-electron chi connectivity index (χ4n) is 1.64. The zero-order valence-electron chi connectivity index (χ0n) is 8.13. The molecule has 0 bridgehead atoms. The SMILES string of the molecule is CN1CCCN(CCCN)CC1. The lowest BCUT2D eigenvalue weighted by molar-refractivity contribution is 0.275. The molecule has 0 saturated carbocycles. The van der Waals surface area contributed by atoms with Crippen LogP contribution in [0.25, 0.3) is 0 Å². The molecule has 0 atom stereocenters. The van der Waals surface area contributed by atoms with Crippen LogP contribution in [0.2, 0.25) is 0 Å².